The number of hydrogen-bond acceptors (Lipinski definition) is 0. The zero-order valence-electron chi connectivity index (χ0n) is 41.5. The zero-order chi connectivity index (χ0) is 41.5. The third-order valence-electron chi connectivity index (χ3n) is 24.1. The fraction of sp³-hybridized carbons (Fsp3) is 1.00. The van der Waals surface area contributed by atoms with Crippen LogP contribution in [0, 0.1) is 107 Å². The van der Waals surface area contributed by atoms with Gasteiger partial charge >= 0.3 is 0 Å². The van der Waals surface area contributed by atoms with Crippen molar-refractivity contribution in [2.45, 2.75) is 283 Å². The maximum absolute atomic E-state index is 1.64. The van der Waals surface area contributed by atoms with Gasteiger partial charge in [0.2, 0.25) is 0 Å². The second-order valence-electron chi connectivity index (χ2n) is 26.8. The average molecular weight is 852 g/mol. The van der Waals surface area contributed by atoms with Gasteiger partial charge in [-0.25, -0.2) is 0 Å². The van der Waals surface area contributed by atoms with Crippen LogP contribution >= 0.6 is 0 Å². The molecule has 10 saturated carbocycles. The molecule has 0 amide bonds. The third kappa shape index (κ3) is 11.3. The normalized spacial score (nSPS) is 43.2. The second kappa shape index (κ2) is 22.9. The maximum atomic E-state index is 1.64. The van der Waals surface area contributed by atoms with Crippen LogP contribution in [0.25, 0.3) is 0 Å². The van der Waals surface area contributed by atoms with Crippen LogP contribution < -0.4 is 0 Å². The van der Waals surface area contributed by atoms with Crippen molar-refractivity contribution >= 4 is 0 Å². The predicted octanol–water partition coefficient (Wildman–Crippen LogP) is 19.4. The largest absolute Gasteiger partial charge is 0.0533 e. The zero-order valence-corrected chi connectivity index (χ0v) is 41.5. The van der Waals surface area contributed by atoms with Crippen molar-refractivity contribution in [2.24, 2.45) is 107 Å². The molecule has 0 aliphatic heterocycles. The molecular formula is C62H106. The lowest BCUT2D eigenvalue weighted by Crippen LogP contribution is -2.40. The van der Waals surface area contributed by atoms with Crippen LogP contribution in [0.2, 0.25) is 0 Å². The van der Waals surface area contributed by atoms with Crippen LogP contribution in [-0.4, -0.2) is 0 Å². The van der Waals surface area contributed by atoms with E-state index in [2.05, 4.69) is 0 Å². The Bertz CT molecular complexity index is 1050. The molecule has 0 aromatic carbocycles. The molecule has 0 aromatic heterocycles. The molecule has 10 fully saturated rings. The van der Waals surface area contributed by atoms with Crippen molar-refractivity contribution in [3.8, 4) is 0 Å². The summed E-state index contributed by atoms with van der Waals surface area (Å²) in [7, 11) is 0. The highest BCUT2D eigenvalue weighted by Crippen LogP contribution is 2.56. The molecule has 10 aliphatic rings. The smallest absolute Gasteiger partial charge is 0.0329 e. The van der Waals surface area contributed by atoms with Gasteiger partial charge in [0.15, 0.2) is 0 Å². The summed E-state index contributed by atoms with van der Waals surface area (Å²) in [6, 6.07) is 0. The summed E-state index contributed by atoms with van der Waals surface area (Å²) >= 11 is 0. The fourth-order valence-corrected chi connectivity index (χ4v) is 20.7. The van der Waals surface area contributed by atoms with E-state index in [1.807, 2.05) is 0 Å². The van der Waals surface area contributed by atoms with Crippen molar-refractivity contribution in [1.82, 2.24) is 0 Å². The summed E-state index contributed by atoms with van der Waals surface area (Å²) in [5, 5.41) is 0. The molecule has 10 rings (SSSR count). The predicted molar refractivity (Wildman–Crippen MR) is 266 cm³/mol. The summed E-state index contributed by atoms with van der Waals surface area (Å²) in [6.45, 7) is 0. The molecule has 0 N–H and O–H groups in total. The molecule has 0 heteroatoms. The number of rotatable bonds is 11. The fourth-order valence-electron chi connectivity index (χ4n) is 20.7. The Balaban J connectivity index is 0.746. The summed E-state index contributed by atoms with van der Waals surface area (Å²) in [5.74, 6) is 19.8. The molecule has 0 heterocycles. The van der Waals surface area contributed by atoms with Crippen LogP contribution in [-0.2, 0) is 0 Å². The van der Waals surface area contributed by atoms with Crippen LogP contribution in [0.15, 0.2) is 0 Å². The maximum Gasteiger partial charge on any atom is -0.0329 e. The van der Waals surface area contributed by atoms with E-state index in [9.17, 15) is 0 Å². The van der Waals surface area contributed by atoms with Gasteiger partial charge in [0.05, 0.1) is 0 Å². The Kier molecular flexibility index (Phi) is 16.9. The van der Waals surface area contributed by atoms with Gasteiger partial charge in [-0.1, -0.05) is 128 Å². The van der Waals surface area contributed by atoms with Gasteiger partial charge in [-0.3, -0.25) is 0 Å². The highest BCUT2D eigenvalue weighted by atomic mass is 14.5. The summed E-state index contributed by atoms with van der Waals surface area (Å²) in [6.07, 6.45) is 70.2. The van der Waals surface area contributed by atoms with Crippen molar-refractivity contribution in [3.05, 3.63) is 0 Å². The SMILES string of the molecule is C1CCC(C2CCC(C(C3CCC(C4CCCCC4)CC3)C3CCC(C4CCC(C(C5CCC(C6CCCCC6)CC5)C5CCC(C6CCCCC6)CC5)CC4)CC3)CC2)CC1. The van der Waals surface area contributed by atoms with Gasteiger partial charge in [-0.05, 0) is 261 Å². The Hall–Kier alpha value is 0. The third-order valence-corrected chi connectivity index (χ3v) is 24.1. The minimum atomic E-state index is 1.09. The lowest BCUT2D eigenvalue weighted by atomic mass is 9.56. The minimum absolute atomic E-state index is 1.09. The number of hydrogen-bond donors (Lipinski definition) is 0. The first-order valence-corrected chi connectivity index (χ1v) is 30.7. The Morgan fingerprint density at radius 3 is 0.403 bits per heavy atom. The monoisotopic (exact) mass is 851 g/mol. The molecule has 0 atom stereocenters. The van der Waals surface area contributed by atoms with Crippen molar-refractivity contribution in [2.75, 3.05) is 0 Å². The quantitative estimate of drug-likeness (QED) is 0.194. The van der Waals surface area contributed by atoms with E-state index in [1.54, 1.807) is 257 Å². The lowest BCUT2D eigenvalue weighted by molar-refractivity contribution is 0.00793. The van der Waals surface area contributed by atoms with E-state index in [1.165, 1.54) is 25.7 Å². The molecule has 0 nitrogen and oxygen atoms in total. The Morgan fingerprint density at radius 2 is 0.258 bits per heavy atom. The summed E-state index contributed by atoms with van der Waals surface area (Å²) in [4.78, 5) is 0. The minimum Gasteiger partial charge on any atom is -0.0533 e. The van der Waals surface area contributed by atoms with Gasteiger partial charge in [0.25, 0.3) is 0 Å². The van der Waals surface area contributed by atoms with E-state index >= 15 is 0 Å². The molecule has 0 bridgehead atoms. The van der Waals surface area contributed by atoms with Crippen LogP contribution in [0.1, 0.15) is 283 Å². The average Bonchev–Trinajstić information content (AvgIpc) is 3.36. The van der Waals surface area contributed by atoms with Gasteiger partial charge in [-0.15, -0.1) is 0 Å². The van der Waals surface area contributed by atoms with Crippen molar-refractivity contribution < 1.29 is 0 Å². The van der Waals surface area contributed by atoms with Crippen LogP contribution in [0.4, 0.5) is 0 Å². The van der Waals surface area contributed by atoms with Crippen LogP contribution in [0.3, 0.4) is 0 Å². The molecule has 354 valence electrons. The standard InChI is InChI=1S/C62H106/c1-5-13-45(14-6-1)49-21-33-55(34-22-49)61(56-35-23-50(24-36-56)46-15-7-2-8-16-46)59-41-29-53(30-42-59)54-31-43-60(44-32-54)62(57-37-25-51(26-38-57)47-17-9-3-10-18-47)58-39-27-52(28-40-58)48-19-11-4-12-20-48/h45-62H,1-44H2. The van der Waals surface area contributed by atoms with Crippen molar-refractivity contribution in [1.29, 1.82) is 0 Å². The highest BCUT2D eigenvalue weighted by molar-refractivity contribution is 4.96. The molecule has 0 saturated heterocycles. The van der Waals surface area contributed by atoms with Gasteiger partial charge in [-0.2, -0.15) is 0 Å². The molecule has 10 aliphatic carbocycles. The molecule has 0 unspecified atom stereocenters. The van der Waals surface area contributed by atoms with E-state index in [4.69, 9.17) is 0 Å². The first-order valence-electron chi connectivity index (χ1n) is 30.7. The molecular weight excluding hydrogens is 745 g/mol. The first-order chi connectivity index (χ1) is 30.7. The van der Waals surface area contributed by atoms with Crippen LogP contribution in [0.5, 0.6) is 0 Å². The van der Waals surface area contributed by atoms with Crippen molar-refractivity contribution in [3.63, 3.8) is 0 Å². The Labute approximate surface area is 387 Å². The van der Waals surface area contributed by atoms with E-state index in [0.29, 0.717) is 0 Å². The molecule has 0 radical (unpaired) electrons. The van der Waals surface area contributed by atoms with E-state index < -0.39 is 0 Å². The highest BCUT2D eigenvalue weighted by Gasteiger charge is 2.46. The summed E-state index contributed by atoms with van der Waals surface area (Å²) in [5.41, 5.74) is 0. The van der Waals surface area contributed by atoms with Gasteiger partial charge in [0.1, 0.15) is 0 Å². The molecule has 62 heavy (non-hydrogen) atoms. The van der Waals surface area contributed by atoms with E-state index in [-0.39, 0.29) is 0 Å². The lowest BCUT2D eigenvalue weighted by Gasteiger charge is -2.50. The second-order valence-corrected chi connectivity index (χ2v) is 26.8. The van der Waals surface area contributed by atoms with Gasteiger partial charge in [0, 0.05) is 0 Å². The van der Waals surface area contributed by atoms with E-state index in [0.717, 1.165) is 107 Å². The van der Waals surface area contributed by atoms with Gasteiger partial charge < -0.3 is 0 Å². The molecule has 0 spiro atoms. The first kappa shape index (κ1) is 45.8. The summed E-state index contributed by atoms with van der Waals surface area (Å²) < 4.78 is 0. The Morgan fingerprint density at radius 1 is 0.129 bits per heavy atom. The molecule has 0 aromatic rings. The topological polar surface area (TPSA) is 0 Å².